The maximum absolute atomic E-state index is 5.77. The fourth-order valence-electron chi connectivity index (χ4n) is 1.06. The number of hydrogen-bond acceptors (Lipinski definition) is 2. The molecule has 0 aliphatic carbocycles. The van der Waals surface area contributed by atoms with Gasteiger partial charge in [0.2, 0.25) is 0 Å². The van der Waals surface area contributed by atoms with Crippen molar-refractivity contribution in [2.45, 2.75) is 24.8 Å². The summed E-state index contributed by atoms with van der Waals surface area (Å²) in [4.78, 5) is 5.48. The first kappa shape index (κ1) is 12.6. The molecule has 1 aromatic carbocycles. The van der Waals surface area contributed by atoms with Crippen molar-refractivity contribution in [3.8, 4) is 0 Å². The number of nitrogens with two attached hydrogens (primary N) is 1. The Kier molecular flexibility index (Phi) is 5.19. The van der Waals surface area contributed by atoms with E-state index in [2.05, 4.69) is 33.1 Å². The Bertz CT molecular complexity index is 333. The van der Waals surface area contributed by atoms with Crippen LogP contribution in [-0.2, 0) is 0 Å². The Morgan fingerprint density at radius 2 is 2.00 bits per heavy atom. The molecule has 0 heterocycles. The van der Waals surface area contributed by atoms with Crippen LogP contribution in [0.1, 0.15) is 13.8 Å². The van der Waals surface area contributed by atoms with Crippen molar-refractivity contribution in [3.63, 3.8) is 0 Å². The average molecular weight is 287 g/mol. The van der Waals surface area contributed by atoms with E-state index in [1.165, 1.54) is 4.90 Å². The van der Waals surface area contributed by atoms with Crippen molar-refractivity contribution < 1.29 is 0 Å². The summed E-state index contributed by atoms with van der Waals surface area (Å²) in [5.41, 5.74) is 5.77. The van der Waals surface area contributed by atoms with E-state index in [-0.39, 0.29) is 6.04 Å². The van der Waals surface area contributed by atoms with Gasteiger partial charge in [-0.05, 0) is 38.1 Å². The highest BCUT2D eigenvalue weighted by Crippen LogP contribution is 2.20. The lowest BCUT2D eigenvalue weighted by atomic mass is 10.4. The molecule has 2 N–H and O–H groups in total. The number of amidine groups is 1. The summed E-state index contributed by atoms with van der Waals surface area (Å²) >= 11 is 5.10. The molecular formula is C11H15BrN2S. The van der Waals surface area contributed by atoms with Crippen LogP contribution < -0.4 is 5.73 Å². The number of halogens is 1. The normalized spacial score (nSPS) is 12.1. The van der Waals surface area contributed by atoms with E-state index in [4.69, 9.17) is 5.73 Å². The van der Waals surface area contributed by atoms with E-state index < -0.39 is 0 Å². The topological polar surface area (TPSA) is 38.4 Å². The van der Waals surface area contributed by atoms with Gasteiger partial charge in [0.1, 0.15) is 5.84 Å². The quantitative estimate of drug-likeness (QED) is 0.524. The van der Waals surface area contributed by atoms with Gasteiger partial charge < -0.3 is 5.73 Å². The van der Waals surface area contributed by atoms with Crippen molar-refractivity contribution >= 4 is 33.5 Å². The van der Waals surface area contributed by atoms with E-state index in [1.54, 1.807) is 11.8 Å². The van der Waals surface area contributed by atoms with Crippen molar-refractivity contribution in [2.75, 3.05) is 5.75 Å². The van der Waals surface area contributed by atoms with Crippen molar-refractivity contribution in [1.82, 2.24) is 0 Å². The second kappa shape index (κ2) is 6.18. The van der Waals surface area contributed by atoms with Gasteiger partial charge in [0.05, 0.1) is 5.75 Å². The number of aliphatic imine (C=N–C) groups is 1. The molecule has 0 bridgehead atoms. The van der Waals surface area contributed by atoms with Crippen LogP contribution >= 0.6 is 27.7 Å². The number of benzene rings is 1. The van der Waals surface area contributed by atoms with Crippen LogP contribution in [0.2, 0.25) is 0 Å². The minimum Gasteiger partial charge on any atom is -0.387 e. The highest BCUT2D eigenvalue weighted by molar-refractivity contribution is 9.10. The number of nitrogens with zero attached hydrogens (tertiary/aromatic N) is 1. The van der Waals surface area contributed by atoms with Gasteiger partial charge in [-0.1, -0.05) is 15.9 Å². The monoisotopic (exact) mass is 286 g/mol. The zero-order valence-electron chi connectivity index (χ0n) is 8.90. The molecule has 1 rings (SSSR count). The van der Waals surface area contributed by atoms with E-state index in [0.717, 1.165) is 10.2 Å². The summed E-state index contributed by atoms with van der Waals surface area (Å²) in [7, 11) is 0. The zero-order chi connectivity index (χ0) is 11.3. The van der Waals surface area contributed by atoms with Crippen LogP contribution in [0.15, 0.2) is 38.6 Å². The number of thioether (sulfide) groups is 1. The maximum atomic E-state index is 5.77. The molecule has 0 radical (unpaired) electrons. The minimum absolute atomic E-state index is 0.274. The second-order valence-electron chi connectivity index (χ2n) is 3.46. The van der Waals surface area contributed by atoms with Crippen LogP contribution in [0.5, 0.6) is 0 Å². The average Bonchev–Trinajstić information content (AvgIpc) is 2.16. The first-order valence-electron chi connectivity index (χ1n) is 4.78. The first-order valence-corrected chi connectivity index (χ1v) is 6.56. The number of rotatable bonds is 4. The van der Waals surface area contributed by atoms with Gasteiger partial charge in [0, 0.05) is 15.4 Å². The van der Waals surface area contributed by atoms with Crippen LogP contribution in [0.3, 0.4) is 0 Å². The Morgan fingerprint density at radius 3 is 2.53 bits per heavy atom. The molecule has 0 spiro atoms. The van der Waals surface area contributed by atoms with Crippen LogP contribution in [0, 0.1) is 0 Å². The van der Waals surface area contributed by atoms with Crippen molar-refractivity contribution in [3.05, 3.63) is 28.7 Å². The van der Waals surface area contributed by atoms with Crippen LogP contribution in [0.25, 0.3) is 0 Å². The fraction of sp³-hybridized carbons (Fsp3) is 0.364. The van der Waals surface area contributed by atoms with Crippen molar-refractivity contribution in [2.24, 2.45) is 10.7 Å². The van der Waals surface area contributed by atoms with Crippen molar-refractivity contribution in [1.29, 1.82) is 0 Å². The van der Waals surface area contributed by atoms with E-state index in [0.29, 0.717) is 5.84 Å². The molecule has 0 aromatic heterocycles. The summed E-state index contributed by atoms with van der Waals surface area (Å²) in [6.07, 6.45) is 0. The summed E-state index contributed by atoms with van der Waals surface area (Å²) in [5, 5.41) is 0. The van der Waals surface area contributed by atoms with Gasteiger partial charge in [-0.3, -0.25) is 4.99 Å². The molecule has 82 valence electrons. The molecule has 0 atom stereocenters. The highest BCUT2D eigenvalue weighted by atomic mass is 79.9. The molecule has 1 aromatic rings. The predicted octanol–water partition coefficient (Wildman–Crippen LogP) is 3.31. The molecular weight excluding hydrogens is 272 g/mol. The highest BCUT2D eigenvalue weighted by Gasteiger charge is 1.98. The van der Waals surface area contributed by atoms with Crippen LogP contribution in [0.4, 0.5) is 0 Å². The SMILES string of the molecule is CC(C)N=C(N)CSc1ccc(Br)cc1. The van der Waals surface area contributed by atoms with Gasteiger partial charge in [0.25, 0.3) is 0 Å². The largest absolute Gasteiger partial charge is 0.387 e. The van der Waals surface area contributed by atoms with Gasteiger partial charge in [-0.2, -0.15) is 0 Å². The summed E-state index contributed by atoms with van der Waals surface area (Å²) in [6, 6.07) is 8.46. The molecule has 0 saturated carbocycles. The molecule has 0 aliphatic heterocycles. The Labute approximate surface area is 103 Å². The summed E-state index contributed by atoms with van der Waals surface area (Å²) in [6.45, 7) is 4.05. The van der Waals surface area contributed by atoms with E-state index in [9.17, 15) is 0 Å². The third-order valence-corrected chi connectivity index (χ3v) is 3.20. The zero-order valence-corrected chi connectivity index (χ0v) is 11.3. The maximum Gasteiger partial charge on any atom is 0.104 e. The van der Waals surface area contributed by atoms with Gasteiger partial charge >= 0.3 is 0 Å². The summed E-state index contributed by atoms with van der Waals surface area (Å²) < 4.78 is 1.09. The lowest BCUT2D eigenvalue weighted by molar-refractivity contribution is 0.833. The summed E-state index contributed by atoms with van der Waals surface area (Å²) in [5.74, 6) is 1.46. The lowest BCUT2D eigenvalue weighted by Crippen LogP contribution is -2.16. The standard InChI is InChI=1S/C11H15BrN2S/c1-8(2)14-11(13)7-15-10-5-3-9(12)4-6-10/h3-6,8H,7H2,1-2H3,(H2,13,14). The molecule has 2 nitrogen and oxygen atoms in total. The second-order valence-corrected chi connectivity index (χ2v) is 5.42. The molecule has 0 unspecified atom stereocenters. The molecule has 0 amide bonds. The van der Waals surface area contributed by atoms with Gasteiger partial charge in [-0.25, -0.2) is 0 Å². The molecule has 4 heteroatoms. The molecule has 0 saturated heterocycles. The smallest absolute Gasteiger partial charge is 0.104 e. The Balaban J connectivity index is 2.47. The van der Waals surface area contributed by atoms with E-state index in [1.807, 2.05) is 26.0 Å². The minimum atomic E-state index is 0.274. The van der Waals surface area contributed by atoms with Gasteiger partial charge in [-0.15, -0.1) is 11.8 Å². The third-order valence-electron chi connectivity index (χ3n) is 1.62. The lowest BCUT2D eigenvalue weighted by Gasteiger charge is -2.03. The van der Waals surface area contributed by atoms with Gasteiger partial charge in [0.15, 0.2) is 0 Å². The number of hydrogen-bond donors (Lipinski definition) is 1. The molecule has 0 aliphatic rings. The first-order chi connectivity index (χ1) is 7.08. The Morgan fingerprint density at radius 1 is 1.40 bits per heavy atom. The molecule has 0 fully saturated rings. The fourth-order valence-corrected chi connectivity index (χ4v) is 2.04. The third kappa shape index (κ3) is 5.23. The molecule has 15 heavy (non-hydrogen) atoms. The Hall–Kier alpha value is -0.480. The van der Waals surface area contributed by atoms with Crippen LogP contribution in [-0.4, -0.2) is 17.6 Å². The van der Waals surface area contributed by atoms with E-state index >= 15 is 0 Å². The predicted molar refractivity (Wildman–Crippen MR) is 71.6 cm³/mol.